The third kappa shape index (κ3) is 5.19. The minimum Gasteiger partial charge on any atom is -0.469 e. The Morgan fingerprint density at radius 1 is 1.14 bits per heavy atom. The molecule has 1 unspecified atom stereocenters. The number of pyridine rings is 1. The van der Waals surface area contributed by atoms with Gasteiger partial charge in [-0.2, -0.15) is 0 Å². The van der Waals surface area contributed by atoms with Gasteiger partial charge >= 0.3 is 0 Å². The van der Waals surface area contributed by atoms with E-state index in [2.05, 4.69) is 34.1 Å². The zero-order chi connectivity index (χ0) is 25.1. The van der Waals surface area contributed by atoms with E-state index in [-0.39, 0.29) is 23.7 Å². The normalized spacial score (nSPS) is 15.8. The van der Waals surface area contributed by atoms with E-state index in [1.54, 1.807) is 30.2 Å². The molecule has 5 rings (SSSR count). The average molecular weight is 486 g/mol. The number of likely N-dealkylation sites (tertiary alicyclic amines) is 1. The number of fused-ring (bicyclic) bond motifs is 1. The van der Waals surface area contributed by atoms with Crippen LogP contribution in [0.15, 0.2) is 77.5 Å². The zero-order valence-corrected chi connectivity index (χ0v) is 20.9. The molecule has 2 aromatic carbocycles. The maximum atomic E-state index is 14.6. The summed E-state index contributed by atoms with van der Waals surface area (Å²) >= 11 is 0. The highest BCUT2D eigenvalue weighted by molar-refractivity contribution is 5.95. The number of aromatic nitrogens is 1. The zero-order valence-electron chi connectivity index (χ0n) is 20.9. The summed E-state index contributed by atoms with van der Waals surface area (Å²) < 4.78 is 20.0. The minimum absolute atomic E-state index is 0.0743. The second-order valence-electron chi connectivity index (χ2n) is 9.81. The largest absolute Gasteiger partial charge is 0.469 e. The number of carbonyl (C=O) groups is 1. The summed E-state index contributed by atoms with van der Waals surface area (Å²) in [6.07, 6.45) is 5.77. The third-order valence-electron chi connectivity index (χ3n) is 7.54. The van der Waals surface area contributed by atoms with Crippen LogP contribution in [0.25, 0.3) is 10.9 Å². The number of piperidine rings is 1. The van der Waals surface area contributed by atoms with Gasteiger partial charge in [0, 0.05) is 31.2 Å². The van der Waals surface area contributed by atoms with Crippen molar-refractivity contribution in [3.8, 4) is 0 Å². The summed E-state index contributed by atoms with van der Waals surface area (Å²) in [5.41, 5.74) is 3.51. The van der Waals surface area contributed by atoms with Crippen molar-refractivity contribution in [2.45, 2.75) is 38.8 Å². The van der Waals surface area contributed by atoms with E-state index in [9.17, 15) is 9.18 Å². The second kappa shape index (κ2) is 10.6. The van der Waals surface area contributed by atoms with E-state index in [0.717, 1.165) is 43.4 Å². The molecule has 1 atom stereocenters. The Kier molecular flexibility index (Phi) is 7.14. The summed E-state index contributed by atoms with van der Waals surface area (Å²) in [5, 5.41) is 1.16. The van der Waals surface area contributed by atoms with Gasteiger partial charge in [-0.15, -0.1) is 0 Å². The van der Waals surface area contributed by atoms with Crippen molar-refractivity contribution in [1.82, 2.24) is 14.8 Å². The molecule has 1 aliphatic rings. The Labute approximate surface area is 211 Å². The molecular weight excluding hydrogens is 453 g/mol. The van der Waals surface area contributed by atoms with Gasteiger partial charge in [0.1, 0.15) is 11.6 Å². The molecule has 1 aliphatic heterocycles. The average Bonchev–Trinajstić information content (AvgIpc) is 3.33. The molecule has 0 N–H and O–H groups in total. The van der Waals surface area contributed by atoms with Gasteiger partial charge in [-0.3, -0.25) is 14.7 Å². The molecule has 0 aliphatic carbocycles. The quantitative estimate of drug-likeness (QED) is 0.328. The Morgan fingerprint density at radius 3 is 2.69 bits per heavy atom. The number of hydrogen-bond donors (Lipinski definition) is 0. The first-order valence-corrected chi connectivity index (χ1v) is 12.6. The van der Waals surface area contributed by atoms with Crippen LogP contribution < -0.4 is 0 Å². The highest BCUT2D eigenvalue weighted by Gasteiger charge is 2.33. The van der Waals surface area contributed by atoms with Gasteiger partial charge in [-0.25, -0.2) is 4.39 Å². The fourth-order valence-electron chi connectivity index (χ4n) is 5.43. The lowest BCUT2D eigenvalue weighted by Gasteiger charge is -2.40. The molecule has 36 heavy (non-hydrogen) atoms. The van der Waals surface area contributed by atoms with Crippen molar-refractivity contribution in [2.24, 2.45) is 5.92 Å². The standard InChI is InChI=1S/C30H32FN3O2/c1-21-26(13-17-36-21)30(35)33(2)29(19-24-6-3-4-8-27(24)31)23-11-15-34(16-12-23)20-22-9-10-28-25(18-22)7-5-14-32-28/h3-10,13-14,17-18,23,29H,11-12,15-16,19-20H2,1-2H3. The second-order valence-corrected chi connectivity index (χ2v) is 9.81. The number of furan rings is 1. The van der Waals surface area contributed by atoms with Crippen molar-refractivity contribution in [3.05, 3.63) is 101 Å². The number of hydrogen-bond acceptors (Lipinski definition) is 4. The van der Waals surface area contributed by atoms with Gasteiger partial charge < -0.3 is 9.32 Å². The van der Waals surface area contributed by atoms with Crippen LogP contribution in [0, 0.1) is 18.7 Å². The molecule has 0 spiro atoms. The van der Waals surface area contributed by atoms with Gasteiger partial charge in [-0.1, -0.05) is 30.3 Å². The number of amides is 1. The van der Waals surface area contributed by atoms with Crippen LogP contribution in [0.2, 0.25) is 0 Å². The molecule has 5 nitrogen and oxygen atoms in total. The van der Waals surface area contributed by atoms with Gasteiger partial charge in [0.05, 0.1) is 17.3 Å². The Balaban J connectivity index is 1.30. The summed E-state index contributed by atoms with van der Waals surface area (Å²) in [5.74, 6) is 0.598. The fourth-order valence-corrected chi connectivity index (χ4v) is 5.43. The molecular formula is C30H32FN3O2. The van der Waals surface area contributed by atoms with E-state index in [1.807, 2.05) is 31.4 Å². The fraction of sp³-hybridized carbons (Fsp3) is 0.333. The monoisotopic (exact) mass is 485 g/mol. The lowest BCUT2D eigenvalue weighted by molar-refractivity contribution is 0.0582. The number of aryl methyl sites for hydroxylation is 1. The maximum absolute atomic E-state index is 14.6. The van der Waals surface area contributed by atoms with Crippen molar-refractivity contribution in [1.29, 1.82) is 0 Å². The van der Waals surface area contributed by atoms with Crippen LogP contribution in [0.4, 0.5) is 4.39 Å². The van der Waals surface area contributed by atoms with Crippen LogP contribution in [0.5, 0.6) is 0 Å². The Hall–Kier alpha value is -3.51. The molecule has 0 radical (unpaired) electrons. The minimum atomic E-state index is -0.217. The van der Waals surface area contributed by atoms with E-state index >= 15 is 0 Å². The van der Waals surface area contributed by atoms with Crippen molar-refractivity contribution >= 4 is 16.8 Å². The highest BCUT2D eigenvalue weighted by Crippen LogP contribution is 2.29. The lowest BCUT2D eigenvalue weighted by atomic mass is 9.84. The first kappa shape index (κ1) is 24.2. The van der Waals surface area contributed by atoms with Gasteiger partial charge in [0.25, 0.3) is 5.91 Å². The number of rotatable bonds is 7. The van der Waals surface area contributed by atoms with Crippen molar-refractivity contribution in [2.75, 3.05) is 20.1 Å². The molecule has 186 valence electrons. The van der Waals surface area contributed by atoms with E-state index in [4.69, 9.17) is 4.42 Å². The molecule has 6 heteroatoms. The van der Waals surface area contributed by atoms with Gasteiger partial charge in [-0.05, 0) is 86.7 Å². The predicted octanol–water partition coefficient (Wildman–Crippen LogP) is 5.87. The Bertz CT molecular complexity index is 1340. The SMILES string of the molecule is Cc1occc1C(=O)N(C)C(Cc1ccccc1F)C1CCN(Cc2ccc3ncccc3c2)CC1. The topological polar surface area (TPSA) is 49.6 Å². The number of benzene rings is 2. The smallest absolute Gasteiger partial charge is 0.257 e. The summed E-state index contributed by atoms with van der Waals surface area (Å²) in [6, 6.07) is 19.0. The highest BCUT2D eigenvalue weighted by atomic mass is 19.1. The first-order chi connectivity index (χ1) is 17.5. The van der Waals surface area contributed by atoms with Crippen LogP contribution in [-0.4, -0.2) is 46.9 Å². The predicted molar refractivity (Wildman–Crippen MR) is 139 cm³/mol. The molecule has 1 saturated heterocycles. The van der Waals surface area contributed by atoms with E-state index in [1.165, 1.54) is 11.6 Å². The number of nitrogens with zero attached hydrogens (tertiary/aromatic N) is 3. The molecule has 3 heterocycles. The van der Waals surface area contributed by atoms with Crippen LogP contribution >= 0.6 is 0 Å². The molecule has 1 amide bonds. The molecule has 0 bridgehead atoms. The molecule has 0 saturated carbocycles. The van der Waals surface area contributed by atoms with Crippen molar-refractivity contribution < 1.29 is 13.6 Å². The van der Waals surface area contributed by atoms with Crippen LogP contribution in [0.1, 0.15) is 40.1 Å². The van der Waals surface area contributed by atoms with Crippen LogP contribution in [0.3, 0.4) is 0 Å². The number of halogens is 1. The first-order valence-electron chi connectivity index (χ1n) is 12.6. The Morgan fingerprint density at radius 2 is 1.94 bits per heavy atom. The summed E-state index contributed by atoms with van der Waals surface area (Å²) in [4.78, 5) is 22.0. The van der Waals surface area contributed by atoms with Crippen molar-refractivity contribution in [3.63, 3.8) is 0 Å². The van der Waals surface area contributed by atoms with Crippen LogP contribution in [-0.2, 0) is 13.0 Å². The third-order valence-corrected chi connectivity index (χ3v) is 7.54. The molecule has 2 aromatic heterocycles. The molecule has 1 fully saturated rings. The van der Waals surface area contributed by atoms with Gasteiger partial charge in [0.15, 0.2) is 0 Å². The van der Waals surface area contributed by atoms with E-state index < -0.39 is 0 Å². The lowest BCUT2D eigenvalue weighted by Crippen LogP contribution is -2.47. The number of likely N-dealkylation sites (N-methyl/N-ethyl adjacent to an activating group) is 1. The van der Waals surface area contributed by atoms with E-state index in [0.29, 0.717) is 23.3 Å². The molecule has 4 aromatic rings. The number of carbonyl (C=O) groups excluding carboxylic acids is 1. The van der Waals surface area contributed by atoms with Gasteiger partial charge in [0.2, 0.25) is 0 Å². The maximum Gasteiger partial charge on any atom is 0.257 e. The summed E-state index contributed by atoms with van der Waals surface area (Å²) in [7, 11) is 1.84. The summed E-state index contributed by atoms with van der Waals surface area (Å²) in [6.45, 7) is 4.57.